The van der Waals surface area contributed by atoms with Gasteiger partial charge in [-0.25, -0.2) is 14.4 Å². The minimum absolute atomic E-state index is 0.212. The fraction of sp³-hybridized carbons (Fsp3) is 0.727. The SMILES string of the molecule is CCCC(CCC)COC(=O)[C@H](C)NP(=O)(O)OC[C@H]1O[C@@H](n2ccc(=O)[nH]c2=O)[C@](C)(C#N)[C@@H]1O. The first-order valence-electron chi connectivity index (χ1n) is 11.9. The highest BCUT2D eigenvalue weighted by Crippen LogP contribution is 2.46. The summed E-state index contributed by atoms with van der Waals surface area (Å²) in [7, 11) is -4.55. The van der Waals surface area contributed by atoms with E-state index >= 15 is 0 Å². The Balaban J connectivity index is 2.00. The normalized spacial score (nSPS) is 26.3. The number of aliphatic hydroxyl groups excluding tert-OH is 1. The second-order valence-electron chi connectivity index (χ2n) is 9.12. The molecule has 0 spiro atoms. The van der Waals surface area contributed by atoms with Gasteiger partial charge in [-0.3, -0.25) is 23.7 Å². The van der Waals surface area contributed by atoms with Crippen LogP contribution in [0.4, 0.5) is 0 Å². The van der Waals surface area contributed by atoms with Crippen LogP contribution in [0, 0.1) is 22.7 Å². The maximum atomic E-state index is 12.5. The van der Waals surface area contributed by atoms with Crippen LogP contribution in [0.5, 0.6) is 0 Å². The van der Waals surface area contributed by atoms with Crippen molar-refractivity contribution in [2.24, 2.45) is 11.3 Å². The monoisotopic (exact) mass is 530 g/mol. The third-order valence-corrected chi connectivity index (χ3v) is 7.32. The van der Waals surface area contributed by atoms with Gasteiger partial charge in [0.05, 0.1) is 19.3 Å². The maximum Gasteiger partial charge on any atom is 0.403 e. The van der Waals surface area contributed by atoms with Gasteiger partial charge >= 0.3 is 19.4 Å². The van der Waals surface area contributed by atoms with Crippen molar-refractivity contribution in [3.05, 3.63) is 33.1 Å². The summed E-state index contributed by atoms with van der Waals surface area (Å²) in [6, 6.07) is 1.80. The molecule has 0 radical (unpaired) electrons. The second-order valence-corrected chi connectivity index (χ2v) is 10.7. The van der Waals surface area contributed by atoms with Crippen molar-refractivity contribution in [3.8, 4) is 6.07 Å². The zero-order valence-electron chi connectivity index (χ0n) is 20.9. The van der Waals surface area contributed by atoms with Gasteiger partial charge in [0, 0.05) is 12.3 Å². The van der Waals surface area contributed by atoms with Crippen LogP contribution < -0.4 is 16.3 Å². The third-order valence-electron chi connectivity index (χ3n) is 6.11. The molecule has 202 valence electrons. The summed E-state index contributed by atoms with van der Waals surface area (Å²) in [6.45, 7) is 6.36. The van der Waals surface area contributed by atoms with E-state index in [0.717, 1.165) is 42.5 Å². The van der Waals surface area contributed by atoms with E-state index in [2.05, 4.69) is 5.09 Å². The Morgan fingerprint density at radius 3 is 2.58 bits per heavy atom. The first-order chi connectivity index (χ1) is 16.9. The molecule has 1 saturated heterocycles. The molecule has 1 aliphatic heterocycles. The predicted molar refractivity (Wildman–Crippen MR) is 128 cm³/mol. The lowest BCUT2D eigenvalue weighted by Crippen LogP contribution is -2.41. The van der Waals surface area contributed by atoms with E-state index in [1.807, 2.05) is 24.9 Å². The molecule has 0 bridgehead atoms. The maximum absolute atomic E-state index is 12.5. The van der Waals surface area contributed by atoms with Crippen molar-refractivity contribution in [1.29, 1.82) is 5.26 Å². The number of aromatic amines is 1. The molecule has 2 heterocycles. The molecular formula is C22H35N4O9P. The average Bonchev–Trinajstić information content (AvgIpc) is 3.06. The lowest BCUT2D eigenvalue weighted by molar-refractivity contribution is -0.146. The molecule has 1 aliphatic rings. The molecule has 14 heteroatoms. The van der Waals surface area contributed by atoms with E-state index < -0.39 is 61.5 Å². The molecule has 13 nitrogen and oxygen atoms in total. The highest BCUT2D eigenvalue weighted by molar-refractivity contribution is 7.50. The van der Waals surface area contributed by atoms with Crippen LogP contribution in [0.1, 0.15) is 59.6 Å². The minimum Gasteiger partial charge on any atom is -0.464 e. The Labute approximate surface area is 209 Å². The average molecular weight is 531 g/mol. The Bertz CT molecular complexity index is 1090. The first-order valence-corrected chi connectivity index (χ1v) is 13.4. The van der Waals surface area contributed by atoms with Crippen LogP contribution in [0.25, 0.3) is 0 Å². The quantitative estimate of drug-likeness (QED) is 0.211. The molecular weight excluding hydrogens is 495 g/mol. The summed E-state index contributed by atoms with van der Waals surface area (Å²) in [4.78, 5) is 48.1. The van der Waals surface area contributed by atoms with Crippen LogP contribution in [-0.4, -0.2) is 57.0 Å². The summed E-state index contributed by atoms with van der Waals surface area (Å²) >= 11 is 0. The first kappa shape index (κ1) is 29.9. The van der Waals surface area contributed by atoms with Crippen molar-refractivity contribution < 1.29 is 33.4 Å². The van der Waals surface area contributed by atoms with Crippen LogP contribution in [0.15, 0.2) is 21.9 Å². The summed E-state index contributed by atoms with van der Waals surface area (Å²) in [5.41, 5.74) is -3.16. The number of nitrogens with one attached hydrogen (secondary N) is 2. The molecule has 4 N–H and O–H groups in total. The third kappa shape index (κ3) is 7.35. The number of carbonyl (C=O) groups excluding carboxylic acids is 1. The number of ether oxygens (including phenoxy) is 2. The van der Waals surface area contributed by atoms with Crippen molar-refractivity contribution in [2.45, 2.75) is 77.9 Å². The highest BCUT2D eigenvalue weighted by Gasteiger charge is 2.55. The van der Waals surface area contributed by atoms with E-state index in [-0.39, 0.29) is 12.5 Å². The molecule has 6 atom stereocenters. The van der Waals surface area contributed by atoms with E-state index in [4.69, 9.17) is 14.0 Å². The fourth-order valence-corrected chi connectivity index (χ4v) is 5.11. The second kappa shape index (κ2) is 12.8. The molecule has 0 amide bonds. The Kier molecular flexibility index (Phi) is 10.6. The lowest BCUT2D eigenvalue weighted by atomic mass is 9.84. The molecule has 1 unspecified atom stereocenters. The van der Waals surface area contributed by atoms with Gasteiger partial charge in [0.15, 0.2) is 6.23 Å². The van der Waals surface area contributed by atoms with E-state index in [0.29, 0.717) is 0 Å². The summed E-state index contributed by atoms with van der Waals surface area (Å²) < 4.78 is 29.4. The Morgan fingerprint density at radius 1 is 1.39 bits per heavy atom. The highest BCUT2D eigenvalue weighted by atomic mass is 31.2. The number of H-pyrrole nitrogens is 1. The van der Waals surface area contributed by atoms with Crippen LogP contribution in [-0.2, 0) is 23.4 Å². The van der Waals surface area contributed by atoms with Gasteiger partial charge in [0.25, 0.3) is 5.56 Å². The number of aromatic nitrogens is 2. The number of carbonyl (C=O) groups is 1. The largest absolute Gasteiger partial charge is 0.464 e. The standard InChI is InChI=1S/C22H35N4O9P/c1-5-7-15(8-6-2)11-33-19(29)14(3)25-36(31,32)34-12-16-18(28)22(4,13-23)20(35-16)26-10-9-17(27)24-21(26)30/h9-10,14-16,18,20,28H,5-8,11-12H2,1-4H3,(H,24,27,30)(H2,25,31,32)/t14-,16+,18+,20+,22+/m0/s1. The molecule has 0 aliphatic carbocycles. The van der Waals surface area contributed by atoms with Crippen LogP contribution in [0.3, 0.4) is 0 Å². The van der Waals surface area contributed by atoms with Crippen molar-refractivity contribution in [1.82, 2.24) is 14.6 Å². The van der Waals surface area contributed by atoms with Crippen LogP contribution in [0.2, 0.25) is 0 Å². The number of hydrogen-bond acceptors (Lipinski definition) is 9. The molecule has 1 aromatic heterocycles. The summed E-state index contributed by atoms with van der Waals surface area (Å²) in [5, 5.41) is 22.5. The minimum atomic E-state index is -4.55. The zero-order chi connectivity index (χ0) is 27.1. The van der Waals surface area contributed by atoms with Crippen molar-refractivity contribution in [2.75, 3.05) is 13.2 Å². The number of nitrogens with zero attached hydrogens (tertiary/aromatic N) is 2. The number of esters is 1. The molecule has 2 rings (SSSR count). The van der Waals surface area contributed by atoms with Gasteiger partial charge in [-0.2, -0.15) is 5.26 Å². The Morgan fingerprint density at radius 2 is 2.03 bits per heavy atom. The topological polar surface area (TPSA) is 193 Å². The molecule has 1 fully saturated rings. The number of nitriles is 1. The van der Waals surface area contributed by atoms with Crippen molar-refractivity contribution >= 4 is 13.7 Å². The molecule has 1 aromatic rings. The zero-order valence-corrected chi connectivity index (χ0v) is 21.8. The van der Waals surface area contributed by atoms with E-state index in [1.54, 1.807) is 0 Å². The van der Waals surface area contributed by atoms with E-state index in [1.165, 1.54) is 13.8 Å². The number of hydrogen-bond donors (Lipinski definition) is 4. The molecule has 36 heavy (non-hydrogen) atoms. The number of aliphatic hydroxyl groups is 1. The molecule has 0 saturated carbocycles. The van der Waals surface area contributed by atoms with Gasteiger partial charge in [0.2, 0.25) is 0 Å². The van der Waals surface area contributed by atoms with Gasteiger partial charge in [-0.15, -0.1) is 0 Å². The van der Waals surface area contributed by atoms with Crippen molar-refractivity contribution in [3.63, 3.8) is 0 Å². The van der Waals surface area contributed by atoms with Gasteiger partial charge in [-0.05, 0) is 32.6 Å². The smallest absolute Gasteiger partial charge is 0.403 e. The Hall–Kier alpha value is -2.33. The van der Waals surface area contributed by atoms with Gasteiger partial charge in [0.1, 0.15) is 23.7 Å². The number of rotatable bonds is 13. The summed E-state index contributed by atoms with van der Waals surface area (Å²) in [5.74, 6) is -0.497. The van der Waals surface area contributed by atoms with Crippen LogP contribution >= 0.6 is 7.75 Å². The lowest BCUT2D eigenvalue weighted by Gasteiger charge is -2.25. The van der Waals surface area contributed by atoms with Gasteiger partial charge < -0.3 is 19.5 Å². The fourth-order valence-electron chi connectivity index (χ4n) is 4.09. The molecule has 0 aromatic carbocycles. The predicted octanol–water partition coefficient (Wildman–Crippen LogP) is 1.18. The van der Waals surface area contributed by atoms with Gasteiger partial charge in [-0.1, -0.05) is 26.7 Å². The summed E-state index contributed by atoms with van der Waals surface area (Å²) in [6.07, 6.45) is 0.740. The van der Waals surface area contributed by atoms with E-state index in [9.17, 15) is 34.2 Å².